The van der Waals surface area contributed by atoms with Crippen molar-refractivity contribution in [3.8, 4) is 0 Å². The van der Waals surface area contributed by atoms with Gasteiger partial charge in [-0.25, -0.2) is 12.8 Å². The molecule has 0 aliphatic carbocycles. The van der Waals surface area contributed by atoms with Crippen molar-refractivity contribution < 1.29 is 17.6 Å². The molecule has 0 aromatic heterocycles. The molecule has 168 valence electrons. The van der Waals surface area contributed by atoms with E-state index in [1.54, 1.807) is 0 Å². The lowest BCUT2D eigenvalue weighted by atomic mass is 10.1. The molecule has 1 aliphatic rings. The molecule has 0 spiro atoms. The number of piperidine rings is 1. The lowest BCUT2D eigenvalue weighted by Gasteiger charge is -2.29. The quantitative estimate of drug-likeness (QED) is 0.611. The average Bonchev–Trinajstić information content (AvgIpc) is 2.74. The molecule has 0 radical (unpaired) electrons. The van der Waals surface area contributed by atoms with Crippen LogP contribution in [0.1, 0.15) is 36.5 Å². The zero-order valence-corrected chi connectivity index (χ0v) is 19.0. The fraction of sp³-hybridized carbons (Fsp3) is 0.409. The summed E-state index contributed by atoms with van der Waals surface area (Å²) in [5.41, 5.74) is 0.396. The van der Waals surface area contributed by atoms with E-state index in [0.717, 1.165) is 31.8 Å². The number of sulfonamides is 1. The number of halogens is 2. The lowest BCUT2D eigenvalue weighted by molar-refractivity contribution is 0.0942. The fourth-order valence-corrected chi connectivity index (χ4v) is 5.18. The van der Waals surface area contributed by atoms with Crippen LogP contribution in [0.2, 0.25) is 5.02 Å². The molecule has 2 aromatic carbocycles. The monoisotopic (exact) mass is 467 g/mol. The predicted octanol–water partition coefficient (Wildman–Crippen LogP) is 4.13. The van der Waals surface area contributed by atoms with Gasteiger partial charge < -0.3 is 10.2 Å². The van der Waals surface area contributed by atoms with E-state index >= 15 is 0 Å². The third-order valence-corrected chi connectivity index (χ3v) is 7.07. The first-order valence-electron chi connectivity index (χ1n) is 10.3. The lowest BCUT2D eigenvalue weighted by Crippen LogP contribution is -2.38. The van der Waals surface area contributed by atoms with Gasteiger partial charge in [0.15, 0.2) is 0 Å². The summed E-state index contributed by atoms with van der Waals surface area (Å²) in [5, 5.41) is 2.87. The standard InChI is InChI=1S/C22H27ClFN3O3S/c1-16(15-27-11-3-2-4-12-27)14-25-22(28)17-5-10-20(23)21(13-17)31(29,30)26-19-8-6-18(24)7-9-19/h5-10,13,16,26H,2-4,11-12,14-15H2,1H3,(H,25,28). The summed E-state index contributed by atoms with van der Waals surface area (Å²) in [6.07, 6.45) is 3.71. The Balaban J connectivity index is 1.65. The average molecular weight is 468 g/mol. The van der Waals surface area contributed by atoms with Gasteiger partial charge in [0.05, 0.1) is 5.02 Å². The first-order chi connectivity index (χ1) is 14.7. The van der Waals surface area contributed by atoms with Gasteiger partial charge >= 0.3 is 0 Å². The maximum Gasteiger partial charge on any atom is 0.263 e. The zero-order chi connectivity index (χ0) is 22.4. The maximum absolute atomic E-state index is 13.1. The van der Waals surface area contributed by atoms with Crippen molar-refractivity contribution in [3.05, 3.63) is 58.9 Å². The number of likely N-dealkylation sites (tertiary alicyclic amines) is 1. The maximum atomic E-state index is 13.1. The van der Waals surface area contributed by atoms with Gasteiger partial charge in [-0.15, -0.1) is 0 Å². The number of carbonyl (C=O) groups is 1. The molecular weight excluding hydrogens is 441 g/mol. The molecule has 1 atom stereocenters. The normalized spacial score (nSPS) is 16.0. The second-order valence-electron chi connectivity index (χ2n) is 7.93. The van der Waals surface area contributed by atoms with E-state index in [9.17, 15) is 17.6 Å². The number of nitrogens with one attached hydrogen (secondary N) is 2. The van der Waals surface area contributed by atoms with Crippen LogP contribution in [-0.4, -0.2) is 45.4 Å². The Kier molecular flexibility index (Phi) is 7.91. The largest absolute Gasteiger partial charge is 0.352 e. The minimum atomic E-state index is -4.05. The van der Waals surface area contributed by atoms with Crippen LogP contribution in [0.3, 0.4) is 0 Å². The number of anilines is 1. The Morgan fingerprint density at radius 1 is 1.13 bits per heavy atom. The van der Waals surface area contributed by atoms with Crippen LogP contribution >= 0.6 is 11.6 Å². The van der Waals surface area contributed by atoms with Gasteiger partial charge in [-0.3, -0.25) is 9.52 Å². The smallest absolute Gasteiger partial charge is 0.263 e. The van der Waals surface area contributed by atoms with Gasteiger partial charge in [-0.05, 0) is 74.3 Å². The molecule has 2 N–H and O–H groups in total. The van der Waals surface area contributed by atoms with Gasteiger partial charge in [0.25, 0.3) is 15.9 Å². The van der Waals surface area contributed by atoms with Crippen LogP contribution in [0, 0.1) is 11.7 Å². The van der Waals surface area contributed by atoms with Crippen molar-refractivity contribution in [3.63, 3.8) is 0 Å². The summed E-state index contributed by atoms with van der Waals surface area (Å²) >= 11 is 6.10. The van der Waals surface area contributed by atoms with Crippen molar-refractivity contribution in [2.75, 3.05) is 30.9 Å². The third kappa shape index (κ3) is 6.66. The predicted molar refractivity (Wildman–Crippen MR) is 120 cm³/mol. The van der Waals surface area contributed by atoms with E-state index in [4.69, 9.17) is 11.6 Å². The van der Waals surface area contributed by atoms with E-state index in [-0.39, 0.29) is 33.0 Å². The molecule has 3 rings (SSSR count). The second-order valence-corrected chi connectivity index (χ2v) is 9.99. The summed E-state index contributed by atoms with van der Waals surface area (Å²) in [6, 6.07) is 9.03. The second kappa shape index (κ2) is 10.4. The topological polar surface area (TPSA) is 78.5 Å². The Labute approximate surface area is 187 Å². The van der Waals surface area contributed by atoms with Gasteiger partial charge in [-0.2, -0.15) is 0 Å². The zero-order valence-electron chi connectivity index (χ0n) is 17.4. The Morgan fingerprint density at radius 2 is 1.81 bits per heavy atom. The summed E-state index contributed by atoms with van der Waals surface area (Å²) in [4.78, 5) is 14.8. The Morgan fingerprint density at radius 3 is 2.48 bits per heavy atom. The minimum absolute atomic E-state index is 0.00960. The molecule has 0 bridgehead atoms. The molecule has 1 unspecified atom stereocenters. The number of amides is 1. The van der Waals surface area contributed by atoms with Crippen LogP contribution < -0.4 is 10.0 Å². The van der Waals surface area contributed by atoms with E-state index < -0.39 is 15.8 Å². The molecule has 1 heterocycles. The molecule has 1 fully saturated rings. The third-order valence-electron chi connectivity index (χ3n) is 5.21. The highest BCUT2D eigenvalue weighted by Gasteiger charge is 2.21. The van der Waals surface area contributed by atoms with E-state index in [1.165, 1.54) is 49.6 Å². The number of rotatable bonds is 8. The highest BCUT2D eigenvalue weighted by atomic mass is 35.5. The fourth-order valence-electron chi connectivity index (χ4n) is 3.59. The molecule has 9 heteroatoms. The van der Waals surface area contributed by atoms with Crippen LogP contribution in [0.5, 0.6) is 0 Å². The van der Waals surface area contributed by atoms with Crippen molar-refractivity contribution in [2.24, 2.45) is 5.92 Å². The van der Waals surface area contributed by atoms with Crippen molar-refractivity contribution >= 4 is 33.2 Å². The summed E-state index contributed by atoms with van der Waals surface area (Å²) in [7, 11) is -4.05. The molecule has 31 heavy (non-hydrogen) atoms. The molecule has 0 saturated carbocycles. The molecule has 2 aromatic rings. The number of hydrogen-bond acceptors (Lipinski definition) is 4. The van der Waals surface area contributed by atoms with Crippen LogP contribution in [-0.2, 0) is 10.0 Å². The first kappa shape index (κ1) is 23.5. The number of hydrogen-bond donors (Lipinski definition) is 2. The number of nitrogens with zero attached hydrogens (tertiary/aromatic N) is 1. The summed E-state index contributed by atoms with van der Waals surface area (Å²) in [5.74, 6) is -0.563. The Bertz CT molecular complexity index is 1010. The molecular formula is C22H27ClFN3O3S. The van der Waals surface area contributed by atoms with Gasteiger partial charge in [0, 0.05) is 24.3 Å². The van der Waals surface area contributed by atoms with Gasteiger partial charge in [0.2, 0.25) is 0 Å². The van der Waals surface area contributed by atoms with Crippen LogP contribution in [0.4, 0.5) is 10.1 Å². The van der Waals surface area contributed by atoms with Gasteiger partial charge in [-0.1, -0.05) is 24.9 Å². The minimum Gasteiger partial charge on any atom is -0.352 e. The van der Waals surface area contributed by atoms with Crippen molar-refractivity contribution in [1.29, 1.82) is 0 Å². The number of carbonyl (C=O) groups excluding carboxylic acids is 1. The molecule has 1 saturated heterocycles. The molecule has 1 amide bonds. The summed E-state index contributed by atoms with van der Waals surface area (Å²) < 4.78 is 40.9. The summed E-state index contributed by atoms with van der Waals surface area (Å²) in [6.45, 7) is 5.69. The highest BCUT2D eigenvalue weighted by Crippen LogP contribution is 2.25. The SMILES string of the molecule is CC(CNC(=O)c1ccc(Cl)c(S(=O)(=O)Nc2ccc(F)cc2)c1)CN1CCCCC1. The number of benzene rings is 2. The molecule has 1 aliphatic heterocycles. The van der Waals surface area contributed by atoms with E-state index in [2.05, 4.69) is 21.9 Å². The highest BCUT2D eigenvalue weighted by molar-refractivity contribution is 7.92. The van der Waals surface area contributed by atoms with Crippen molar-refractivity contribution in [2.45, 2.75) is 31.1 Å². The van der Waals surface area contributed by atoms with Crippen molar-refractivity contribution in [1.82, 2.24) is 10.2 Å². The van der Waals surface area contributed by atoms with Crippen LogP contribution in [0.25, 0.3) is 0 Å². The van der Waals surface area contributed by atoms with E-state index in [0.29, 0.717) is 6.54 Å². The Hall–Kier alpha value is -2.16. The van der Waals surface area contributed by atoms with Crippen LogP contribution in [0.15, 0.2) is 47.4 Å². The van der Waals surface area contributed by atoms with Gasteiger partial charge in [0.1, 0.15) is 10.7 Å². The first-order valence-corrected chi connectivity index (χ1v) is 12.2. The molecule has 6 nitrogen and oxygen atoms in total. The van der Waals surface area contributed by atoms with E-state index in [1.807, 2.05) is 0 Å².